The molecule has 0 aliphatic carbocycles. The highest BCUT2D eigenvalue weighted by Crippen LogP contribution is 2.40. The first-order valence-electron chi connectivity index (χ1n) is 10.2. The van der Waals surface area contributed by atoms with E-state index in [9.17, 15) is 5.11 Å². The Kier molecular flexibility index (Phi) is 5.19. The van der Waals surface area contributed by atoms with Gasteiger partial charge >= 0.3 is 0 Å². The Bertz CT molecular complexity index is 1310. The number of aromatic hydroxyl groups is 1. The summed E-state index contributed by atoms with van der Waals surface area (Å²) in [5.41, 5.74) is 6.05. The van der Waals surface area contributed by atoms with E-state index in [1.807, 2.05) is 35.6 Å². The topological polar surface area (TPSA) is 29.5 Å². The molecule has 0 aliphatic rings. The normalized spacial score (nSPS) is 11.0. The van der Waals surface area contributed by atoms with E-state index < -0.39 is 0 Å². The largest absolute Gasteiger partial charge is 0.508 e. The summed E-state index contributed by atoms with van der Waals surface area (Å²) in [7, 11) is 1.70. The number of phenols is 1. The van der Waals surface area contributed by atoms with E-state index in [0.717, 1.165) is 23.3 Å². The third kappa shape index (κ3) is 3.92. The third-order valence-electron chi connectivity index (χ3n) is 5.57. The first kappa shape index (κ1) is 19.4. The number of hydrogen-bond acceptors (Lipinski definition) is 3. The molecule has 0 spiro atoms. The van der Waals surface area contributed by atoms with Crippen molar-refractivity contribution in [2.75, 3.05) is 7.11 Å². The molecule has 4 aromatic carbocycles. The lowest BCUT2D eigenvalue weighted by molar-refractivity contribution is 0.414. The molecule has 5 rings (SSSR count). The molecule has 1 N–H and O–H groups in total. The predicted molar refractivity (Wildman–Crippen MR) is 130 cm³/mol. The molecule has 5 aromatic rings. The second-order valence-corrected chi connectivity index (χ2v) is 8.68. The molecule has 0 bridgehead atoms. The van der Waals surface area contributed by atoms with Crippen LogP contribution < -0.4 is 4.74 Å². The van der Waals surface area contributed by atoms with Crippen molar-refractivity contribution in [2.45, 2.75) is 6.42 Å². The number of hydrogen-bond donors (Lipinski definition) is 1. The lowest BCUT2D eigenvalue weighted by Gasteiger charge is -2.08. The van der Waals surface area contributed by atoms with Crippen LogP contribution in [0.1, 0.15) is 10.4 Å². The van der Waals surface area contributed by atoms with E-state index in [0.29, 0.717) is 0 Å². The van der Waals surface area contributed by atoms with Crippen molar-refractivity contribution in [3.63, 3.8) is 0 Å². The fourth-order valence-corrected chi connectivity index (χ4v) is 5.21. The molecule has 0 atom stereocenters. The van der Waals surface area contributed by atoms with Gasteiger partial charge in [0.25, 0.3) is 0 Å². The fourth-order valence-electron chi connectivity index (χ4n) is 3.95. The first-order valence-corrected chi connectivity index (χ1v) is 11.1. The van der Waals surface area contributed by atoms with E-state index in [-0.39, 0.29) is 5.75 Å². The molecule has 0 amide bonds. The van der Waals surface area contributed by atoms with Gasteiger partial charge in [-0.05, 0) is 52.6 Å². The minimum Gasteiger partial charge on any atom is -0.508 e. The molecule has 0 saturated heterocycles. The van der Waals surface area contributed by atoms with Crippen molar-refractivity contribution in [1.29, 1.82) is 0 Å². The number of rotatable bonds is 5. The van der Waals surface area contributed by atoms with E-state index in [4.69, 9.17) is 4.74 Å². The van der Waals surface area contributed by atoms with Gasteiger partial charge in [-0.1, -0.05) is 66.7 Å². The van der Waals surface area contributed by atoms with Gasteiger partial charge in [-0.2, -0.15) is 0 Å². The van der Waals surface area contributed by atoms with E-state index >= 15 is 0 Å². The van der Waals surface area contributed by atoms with Crippen LogP contribution in [0.25, 0.3) is 32.3 Å². The summed E-state index contributed by atoms with van der Waals surface area (Å²) in [6.45, 7) is 0. The Morgan fingerprint density at radius 1 is 0.710 bits per heavy atom. The van der Waals surface area contributed by atoms with Gasteiger partial charge in [0.2, 0.25) is 0 Å². The van der Waals surface area contributed by atoms with Crippen molar-refractivity contribution in [3.8, 4) is 33.8 Å². The molecule has 3 heteroatoms. The van der Waals surface area contributed by atoms with Crippen molar-refractivity contribution >= 4 is 21.4 Å². The Morgan fingerprint density at radius 2 is 1.32 bits per heavy atom. The van der Waals surface area contributed by atoms with Crippen LogP contribution in [-0.4, -0.2) is 12.2 Å². The van der Waals surface area contributed by atoms with Crippen LogP contribution in [0.5, 0.6) is 11.5 Å². The molecule has 1 heterocycles. The number of methoxy groups -OCH3 is 1. The van der Waals surface area contributed by atoms with Crippen LogP contribution >= 0.6 is 11.3 Å². The van der Waals surface area contributed by atoms with Crippen molar-refractivity contribution < 1.29 is 9.84 Å². The summed E-state index contributed by atoms with van der Waals surface area (Å²) in [5, 5.41) is 10.8. The molecule has 0 saturated carbocycles. The highest BCUT2D eigenvalue weighted by atomic mass is 32.1. The minimum absolute atomic E-state index is 0.285. The van der Waals surface area contributed by atoms with Crippen LogP contribution in [-0.2, 0) is 6.42 Å². The summed E-state index contributed by atoms with van der Waals surface area (Å²) >= 11 is 1.87. The number of fused-ring (bicyclic) bond motifs is 1. The van der Waals surface area contributed by atoms with E-state index in [1.54, 1.807) is 19.2 Å². The van der Waals surface area contributed by atoms with Gasteiger partial charge in [-0.25, -0.2) is 0 Å². The molecule has 31 heavy (non-hydrogen) atoms. The number of benzene rings is 4. The average molecular weight is 423 g/mol. The Labute approximate surface area is 186 Å². The maximum absolute atomic E-state index is 9.55. The number of phenolic OH excluding ortho intramolecular Hbond substituents is 1. The highest BCUT2D eigenvalue weighted by Gasteiger charge is 2.14. The monoisotopic (exact) mass is 422 g/mol. The van der Waals surface area contributed by atoms with Gasteiger partial charge in [-0.3, -0.25) is 0 Å². The summed E-state index contributed by atoms with van der Waals surface area (Å²) < 4.78 is 6.61. The maximum atomic E-state index is 9.55. The minimum atomic E-state index is 0.285. The van der Waals surface area contributed by atoms with Crippen molar-refractivity contribution in [1.82, 2.24) is 0 Å². The quantitative estimate of drug-likeness (QED) is 0.317. The lowest BCUT2D eigenvalue weighted by atomic mass is 9.96. The van der Waals surface area contributed by atoms with Gasteiger partial charge in [0, 0.05) is 26.9 Å². The molecule has 0 unspecified atom stereocenters. The second kappa shape index (κ2) is 8.29. The predicted octanol–water partition coefficient (Wildman–Crippen LogP) is 7.54. The Hall–Kier alpha value is -3.56. The Balaban J connectivity index is 1.55. The van der Waals surface area contributed by atoms with Crippen LogP contribution in [0, 0.1) is 0 Å². The van der Waals surface area contributed by atoms with Crippen molar-refractivity contribution in [2.24, 2.45) is 0 Å². The van der Waals surface area contributed by atoms with E-state index in [1.165, 1.54) is 31.7 Å². The number of thiophene rings is 1. The average Bonchev–Trinajstić information content (AvgIpc) is 3.18. The molecular weight excluding hydrogens is 400 g/mol. The van der Waals surface area contributed by atoms with Gasteiger partial charge in [0.05, 0.1) is 7.11 Å². The molecular formula is C28H22O2S. The summed E-state index contributed by atoms with van der Waals surface area (Å²) in [5.74, 6) is 1.17. The highest BCUT2D eigenvalue weighted by molar-refractivity contribution is 7.19. The lowest BCUT2D eigenvalue weighted by Crippen LogP contribution is -1.89. The molecule has 0 aliphatic heterocycles. The van der Waals surface area contributed by atoms with E-state index in [2.05, 4.69) is 60.7 Å². The second-order valence-electron chi connectivity index (χ2n) is 7.55. The van der Waals surface area contributed by atoms with Crippen LogP contribution in [0.15, 0.2) is 97.1 Å². The number of ether oxygens (including phenoxy) is 1. The molecule has 0 radical (unpaired) electrons. The zero-order valence-corrected chi connectivity index (χ0v) is 18.0. The van der Waals surface area contributed by atoms with Crippen LogP contribution in [0.2, 0.25) is 0 Å². The maximum Gasteiger partial charge on any atom is 0.118 e. The van der Waals surface area contributed by atoms with Gasteiger partial charge < -0.3 is 9.84 Å². The third-order valence-corrected chi connectivity index (χ3v) is 6.74. The smallest absolute Gasteiger partial charge is 0.118 e. The van der Waals surface area contributed by atoms with Gasteiger partial charge in [-0.15, -0.1) is 11.3 Å². The van der Waals surface area contributed by atoms with Gasteiger partial charge in [0.1, 0.15) is 11.5 Å². The molecule has 152 valence electrons. The Morgan fingerprint density at radius 3 is 2.00 bits per heavy atom. The molecule has 0 fully saturated rings. The van der Waals surface area contributed by atoms with Crippen LogP contribution in [0.3, 0.4) is 0 Å². The summed E-state index contributed by atoms with van der Waals surface area (Å²) in [6, 6.07) is 33.0. The SMILES string of the molecule is COc1ccc(Cc2sc3ccccc3c2-c2ccc(-c3ccc(O)cc3)cc2)cc1. The summed E-state index contributed by atoms with van der Waals surface area (Å²) in [4.78, 5) is 1.36. The molecule has 1 aromatic heterocycles. The standard InChI is InChI=1S/C28H22O2S/c1-30-24-16-6-19(7-17-24)18-27-28(25-4-2-3-5-26(25)31-27)22-10-8-20(9-11-22)21-12-14-23(29)15-13-21/h2-17,29H,18H2,1H3. The molecule has 2 nitrogen and oxygen atoms in total. The van der Waals surface area contributed by atoms with Crippen LogP contribution in [0.4, 0.5) is 0 Å². The first-order chi connectivity index (χ1) is 15.2. The fraction of sp³-hybridized carbons (Fsp3) is 0.0714. The van der Waals surface area contributed by atoms with Crippen molar-refractivity contribution in [3.05, 3.63) is 108 Å². The summed E-state index contributed by atoms with van der Waals surface area (Å²) in [6.07, 6.45) is 0.887. The zero-order valence-electron chi connectivity index (χ0n) is 17.2. The zero-order chi connectivity index (χ0) is 21.2. The van der Waals surface area contributed by atoms with Gasteiger partial charge in [0.15, 0.2) is 0 Å².